The Hall–Kier alpha value is -2.03. The number of H-pyrrole nitrogens is 1. The number of likely N-dealkylation sites (tertiary alicyclic amines) is 1. The number of hydrogen-bond donors (Lipinski definition) is 3. The van der Waals surface area contributed by atoms with E-state index in [2.05, 4.69) is 5.32 Å². The highest BCUT2D eigenvalue weighted by atomic mass is 19.4. The molecular formula is C15H20F3N3O3. The molecule has 0 saturated carbocycles. The van der Waals surface area contributed by atoms with Crippen LogP contribution in [-0.2, 0) is 6.18 Å². The van der Waals surface area contributed by atoms with Gasteiger partial charge in [-0.1, -0.05) is 6.92 Å². The van der Waals surface area contributed by atoms with Gasteiger partial charge >= 0.3 is 12.2 Å². The van der Waals surface area contributed by atoms with Crippen LogP contribution in [0.3, 0.4) is 0 Å². The number of hydrogen-bond acceptors (Lipinski definition) is 3. The highest BCUT2D eigenvalue weighted by Crippen LogP contribution is 2.34. The second-order valence-corrected chi connectivity index (χ2v) is 6.06. The third kappa shape index (κ3) is 3.89. The van der Waals surface area contributed by atoms with Crippen molar-refractivity contribution >= 4 is 11.7 Å². The smallest absolute Gasteiger partial charge is 0.396 e. The van der Waals surface area contributed by atoms with Crippen LogP contribution in [-0.4, -0.2) is 40.7 Å². The molecule has 2 amide bonds. The van der Waals surface area contributed by atoms with E-state index in [-0.39, 0.29) is 12.0 Å². The van der Waals surface area contributed by atoms with E-state index in [1.54, 1.807) is 0 Å². The van der Waals surface area contributed by atoms with Crippen molar-refractivity contribution < 1.29 is 23.1 Å². The summed E-state index contributed by atoms with van der Waals surface area (Å²) in [6.45, 7) is 2.74. The van der Waals surface area contributed by atoms with Gasteiger partial charge in [0.1, 0.15) is 5.69 Å². The number of rotatable bonds is 3. The van der Waals surface area contributed by atoms with Gasteiger partial charge in [-0.05, 0) is 30.7 Å². The Labute approximate surface area is 136 Å². The molecule has 0 spiro atoms. The molecule has 1 fully saturated rings. The molecular weight excluding hydrogens is 327 g/mol. The number of aliphatic hydroxyl groups is 1. The number of pyridine rings is 1. The van der Waals surface area contributed by atoms with E-state index in [4.69, 9.17) is 0 Å². The molecule has 1 aliphatic heterocycles. The van der Waals surface area contributed by atoms with E-state index in [0.717, 1.165) is 6.42 Å². The zero-order valence-corrected chi connectivity index (χ0v) is 13.2. The van der Waals surface area contributed by atoms with Gasteiger partial charge in [0.05, 0.1) is 5.56 Å². The average molecular weight is 347 g/mol. The predicted octanol–water partition coefficient (Wildman–Crippen LogP) is 2.41. The van der Waals surface area contributed by atoms with Gasteiger partial charge < -0.3 is 20.3 Å². The molecule has 24 heavy (non-hydrogen) atoms. The van der Waals surface area contributed by atoms with E-state index in [1.165, 1.54) is 4.90 Å². The SMILES string of the molecule is CCC1(CO)CCN(C(=O)Nc2cc(C(F)(F)F)c[nH]c2=O)CC1. The number of alkyl halides is 3. The largest absolute Gasteiger partial charge is 0.417 e. The molecule has 1 aromatic rings. The van der Waals surface area contributed by atoms with E-state index in [1.807, 2.05) is 11.9 Å². The fourth-order valence-electron chi connectivity index (χ4n) is 2.74. The summed E-state index contributed by atoms with van der Waals surface area (Å²) in [6, 6.07) is -0.00690. The lowest BCUT2D eigenvalue weighted by molar-refractivity contribution is -0.137. The van der Waals surface area contributed by atoms with Gasteiger partial charge in [-0.25, -0.2) is 4.79 Å². The molecule has 3 N–H and O–H groups in total. The maximum absolute atomic E-state index is 12.7. The van der Waals surface area contributed by atoms with Gasteiger partial charge in [-0.3, -0.25) is 4.79 Å². The average Bonchev–Trinajstić information content (AvgIpc) is 2.55. The second kappa shape index (κ2) is 6.84. The number of halogens is 3. The Morgan fingerprint density at radius 2 is 2.04 bits per heavy atom. The van der Waals surface area contributed by atoms with Crippen LogP contribution in [0.5, 0.6) is 0 Å². The van der Waals surface area contributed by atoms with Crippen LogP contribution in [0.15, 0.2) is 17.1 Å². The van der Waals surface area contributed by atoms with Gasteiger partial charge in [0.2, 0.25) is 0 Å². The van der Waals surface area contributed by atoms with Gasteiger partial charge in [0.25, 0.3) is 5.56 Å². The summed E-state index contributed by atoms with van der Waals surface area (Å²) in [5.41, 5.74) is -2.50. The highest BCUT2D eigenvalue weighted by Gasteiger charge is 2.35. The Morgan fingerprint density at radius 1 is 1.42 bits per heavy atom. The van der Waals surface area contributed by atoms with Gasteiger partial charge in [0, 0.05) is 25.9 Å². The number of urea groups is 1. The van der Waals surface area contributed by atoms with Crippen molar-refractivity contribution in [2.24, 2.45) is 5.41 Å². The van der Waals surface area contributed by atoms with Crippen molar-refractivity contribution in [2.45, 2.75) is 32.4 Å². The number of nitrogens with one attached hydrogen (secondary N) is 2. The lowest BCUT2D eigenvalue weighted by atomic mass is 9.77. The Balaban J connectivity index is 2.07. The first kappa shape index (κ1) is 18.3. The molecule has 0 bridgehead atoms. The highest BCUT2D eigenvalue weighted by molar-refractivity contribution is 5.89. The van der Waals surface area contributed by atoms with Gasteiger partial charge in [0.15, 0.2) is 0 Å². The van der Waals surface area contributed by atoms with Crippen LogP contribution in [0, 0.1) is 5.41 Å². The van der Waals surface area contributed by atoms with Crippen molar-refractivity contribution in [1.29, 1.82) is 0 Å². The van der Waals surface area contributed by atoms with E-state index >= 15 is 0 Å². The molecule has 9 heteroatoms. The zero-order valence-electron chi connectivity index (χ0n) is 13.2. The van der Waals surface area contributed by atoms with Crippen LogP contribution in [0.4, 0.5) is 23.7 Å². The van der Waals surface area contributed by atoms with E-state index in [9.17, 15) is 27.9 Å². The first-order valence-corrected chi connectivity index (χ1v) is 7.67. The Morgan fingerprint density at radius 3 is 2.54 bits per heavy atom. The van der Waals surface area contributed by atoms with Crippen molar-refractivity contribution in [3.63, 3.8) is 0 Å². The van der Waals surface area contributed by atoms with Gasteiger partial charge in [-0.15, -0.1) is 0 Å². The van der Waals surface area contributed by atoms with Crippen LogP contribution < -0.4 is 10.9 Å². The Kier molecular flexibility index (Phi) is 5.22. The molecule has 2 heterocycles. The fourth-order valence-corrected chi connectivity index (χ4v) is 2.74. The molecule has 0 aromatic carbocycles. The van der Waals surface area contributed by atoms with Crippen molar-refractivity contribution in [3.05, 3.63) is 28.2 Å². The minimum absolute atomic E-state index is 0.0340. The summed E-state index contributed by atoms with van der Waals surface area (Å²) >= 11 is 0. The number of carbonyl (C=O) groups is 1. The topological polar surface area (TPSA) is 85.4 Å². The number of piperidine rings is 1. The monoisotopic (exact) mass is 347 g/mol. The molecule has 0 atom stereocenters. The minimum Gasteiger partial charge on any atom is -0.396 e. The van der Waals surface area contributed by atoms with Crippen molar-refractivity contribution in [3.8, 4) is 0 Å². The number of carbonyl (C=O) groups excluding carboxylic acids is 1. The zero-order chi connectivity index (χ0) is 18.0. The third-order valence-corrected chi connectivity index (χ3v) is 4.67. The molecule has 6 nitrogen and oxygen atoms in total. The first-order chi connectivity index (χ1) is 11.2. The number of aliphatic hydroxyl groups excluding tert-OH is 1. The quantitative estimate of drug-likeness (QED) is 0.785. The summed E-state index contributed by atoms with van der Waals surface area (Å²) in [7, 11) is 0. The fraction of sp³-hybridized carbons (Fsp3) is 0.600. The second-order valence-electron chi connectivity index (χ2n) is 6.06. The standard InChI is InChI=1S/C15H20F3N3O3/c1-2-14(9-22)3-5-21(6-4-14)13(24)20-11-7-10(15(16,17)18)8-19-12(11)23/h7-8,22H,2-6,9H2,1H3,(H,19,23)(H,20,24). The Bertz CT molecular complexity index is 643. The molecule has 2 rings (SSSR count). The summed E-state index contributed by atoms with van der Waals surface area (Å²) < 4.78 is 38.1. The van der Waals surface area contributed by atoms with Crippen LogP contribution in [0.1, 0.15) is 31.7 Å². The maximum Gasteiger partial charge on any atom is 0.417 e. The summed E-state index contributed by atoms with van der Waals surface area (Å²) in [6.07, 6.45) is -2.06. The lowest BCUT2D eigenvalue weighted by Gasteiger charge is -2.40. The van der Waals surface area contributed by atoms with E-state index < -0.39 is 29.0 Å². The molecule has 1 saturated heterocycles. The minimum atomic E-state index is -4.61. The molecule has 134 valence electrons. The van der Waals surface area contributed by atoms with Crippen LogP contribution in [0.25, 0.3) is 0 Å². The normalized spacial score (nSPS) is 17.6. The first-order valence-electron chi connectivity index (χ1n) is 7.67. The molecule has 0 aliphatic carbocycles. The summed E-state index contributed by atoms with van der Waals surface area (Å²) in [5.74, 6) is 0. The molecule has 0 radical (unpaired) electrons. The van der Waals surface area contributed by atoms with Crippen molar-refractivity contribution in [1.82, 2.24) is 9.88 Å². The molecule has 0 unspecified atom stereocenters. The van der Waals surface area contributed by atoms with Crippen LogP contribution in [0.2, 0.25) is 0 Å². The lowest BCUT2D eigenvalue weighted by Crippen LogP contribution is -2.46. The third-order valence-electron chi connectivity index (χ3n) is 4.67. The number of aromatic amines is 1. The maximum atomic E-state index is 12.7. The molecule has 1 aromatic heterocycles. The van der Waals surface area contributed by atoms with Crippen LogP contribution >= 0.6 is 0 Å². The number of nitrogens with zero attached hydrogens (tertiary/aromatic N) is 1. The van der Waals surface area contributed by atoms with Gasteiger partial charge in [-0.2, -0.15) is 13.2 Å². The van der Waals surface area contributed by atoms with E-state index in [0.29, 0.717) is 38.2 Å². The number of anilines is 1. The summed E-state index contributed by atoms with van der Waals surface area (Å²) in [4.78, 5) is 27.2. The number of amides is 2. The predicted molar refractivity (Wildman–Crippen MR) is 81.7 cm³/mol. The molecule has 1 aliphatic rings. The summed E-state index contributed by atoms with van der Waals surface area (Å²) in [5, 5.41) is 11.7. The number of aromatic nitrogens is 1. The van der Waals surface area contributed by atoms with Crippen molar-refractivity contribution in [2.75, 3.05) is 25.0 Å².